The summed E-state index contributed by atoms with van der Waals surface area (Å²) in [5.74, 6) is 0.781. The summed E-state index contributed by atoms with van der Waals surface area (Å²) >= 11 is 4.93. The number of thioether (sulfide) groups is 2. The summed E-state index contributed by atoms with van der Waals surface area (Å²) < 4.78 is 6.95. The molecule has 3 aromatic rings. The van der Waals surface area contributed by atoms with E-state index in [2.05, 4.69) is 30.5 Å². The molecule has 0 radical (unpaired) electrons. The molecule has 0 fully saturated rings. The summed E-state index contributed by atoms with van der Waals surface area (Å²) in [5.41, 5.74) is 2.30. The summed E-state index contributed by atoms with van der Waals surface area (Å²) in [6, 6.07) is 8.52. The van der Waals surface area contributed by atoms with Gasteiger partial charge in [-0.1, -0.05) is 23.9 Å². The Balaban J connectivity index is 1.95. The molecule has 0 unspecified atom stereocenters. The third-order valence-electron chi connectivity index (χ3n) is 4.30. The van der Waals surface area contributed by atoms with E-state index in [0.29, 0.717) is 13.2 Å². The van der Waals surface area contributed by atoms with Crippen molar-refractivity contribution in [1.82, 2.24) is 9.55 Å². The van der Waals surface area contributed by atoms with E-state index in [-0.39, 0.29) is 5.56 Å². The molecule has 3 rings (SSSR count). The van der Waals surface area contributed by atoms with Crippen LogP contribution in [0.3, 0.4) is 0 Å². The zero-order valence-corrected chi connectivity index (χ0v) is 17.8. The lowest BCUT2D eigenvalue weighted by Gasteiger charge is -2.12. The molecule has 0 aliphatic carbocycles. The maximum absolute atomic E-state index is 13.0. The van der Waals surface area contributed by atoms with E-state index in [1.807, 2.05) is 13.8 Å². The SMILES string of the molecule is COCCn1c(SCc2ccc(SC)cc2)nc2sc(C)c(C)c2c1=O. The molecule has 0 N–H and O–H groups in total. The van der Waals surface area contributed by atoms with Crippen LogP contribution in [0.2, 0.25) is 0 Å². The predicted molar refractivity (Wildman–Crippen MR) is 113 cm³/mol. The number of methoxy groups -OCH3 is 1. The van der Waals surface area contributed by atoms with E-state index in [4.69, 9.17) is 9.72 Å². The molecule has 26 heavy (non-hydrogen) atoms. The van der Waals surface area contributed by atoms with Gasteiger partial charge < -0.3 is 4.74 Å². The standard InChI is InChI=1S/C19H22N2O2S3/c1-12-13(2)26-17-16(12)18(22)21(9-10-23-3)19(20-17)25-11-14-5-7-15(24-4)8-6-14/h5-8H,9-11H2,1-4H3. The molecule has 0 saturated heterocycles. The fourth-order valence-corrected chi connectivity index (χ4v) is 5.13. The molecule has 2 heterocycles. The highest BCUT2D eigenvalue weighted by molar-refractivity contribution is 7.98. The molecule has 0 bridgehead atoms. The maximum atomic E-state index is 13.0. The van der Waals surface area contributed by atoms with Crippen LogP contribution in [0.4, 0.5) is 0 Å². The van der Waals surface area contributed by atoms with Crippen molar-refractivity contribution in [2.24, 2.45) is 0 Å². The first-order chi connectivity index (χ1) is 12.5. The second-order valence-corrected chi connectivity index (χ2v) is 8.97. The van der Waals surface area contributed by atoms with E-state index < -0.39 is 0 Å². The summed E-state index contributed by atoms with van der Waals surface area (Å²) in [5, 5.41) is 1.51. The number of hydrogen-bond donors (Lipinski definition) is 0. The van der Waals surface area contributed by atoms with E-state index in [0.717, 1.165) is 31.6 Å². The van der Waals surface area contributed by atoms with Gasteiger partial charge in [0.1, 0.15) is 4.83 Å². The number of nitrogens with zero attached hydrogens (tertiary/aromatic N) is 2. The number of benzene rings is 1. The second kappa shape index (κ2) is 8.61. The molecule has 0 aliphatic heterocycles. The van der Waals surface area contributed by atoms with Gasteiger partial charge in [-0.15, -0.1) is 23.1 Å². The molecule has 0 amide bonds. The van der Waals surface area contributed by atoms with E-state index >= 15 is 0 Å². The van der Waals surface area contributed by atoms with Crippen molar-refractivity contribution >= 4 is 45.1 Å². The zero-order valence-electron chi connectivity index (χ0n) is 15.4. The van der Waals surface area contributed by atoms with Crippen LogP contribution in [0.15, 0.2) is 39.1 Å². The van der Waals surface area contributed by atoms with Crippen molar-refractivity contribution in [2.45, 2.75) is 36.2 Å². The maximum Gasteiger partial charge on any atom is 0.263 e. The lowest BCUT2D eigenvalue weighted by Crippen LogP contribution is -2.25. The number of hydrogen-bond acceptors (Lipinski definition) is 6. The van der Waals surface area contributed by atoms with Gasteiger partial charge >= 0.3 is 0 Å². The van der Waals surface area contributed by atoms with Gasteiger partial charge in [-0.25, -0.2) is 4.98 Å². The molecule has 138 valence electrons. The van der Waals surface area contributed by atoms with E-state index in [1.54, 1.807) is 46.5 Å². The van der Waals surface area contributed by atoms with Crippen LogP contribution in [-0.2, 0) is 17.0 Å². The highest BCUT2D eigenvalue weighted by Gasteiger charge is 2.16. The summed E-state index contributed by atoms with van der Waals surface area (Å²) in [4.78, 5) is 21.1. The number of ether oxygens (including phenoxy) is 1. The van der Waals surface area contributed by atoms with Crippen LogP contribution < -0.4 is 5.56 Å². The number of thiophene rings is 1. The van der Waals surface area contributed by atoms with Gasteiger partial charge in [0.2, 0.25) is 0 Å². The first-order valence-corrected chi connectivity index (χ1v) is 11.3. The molecular formula is C19H22N2O2S3. The van der Waals surface area contributed by atoms with Crippen molar-refractivity contribution in [2.75, 3.05) is 20.0 Å². The number of rotatable bonds is 7. The number of aromatic nitrogens is 2. The molecule has 4 nitrogen and oxygen atoms in total. The summed E-state index contributed by atoms with van der Waals surface area (Å²) in [6.07, 6.45) is 2.07. The highest BCUT2D eigenvalue weighted by Crippen LogP contribution is 2.29. The average Bonchev–Trinajstić information content (AvgIpc) is 2.94. The topological polar surface area (TPSA) is 44.1 Å². The highest BCUT2D eigenvalue weighted by atomic mass is 32.2. The second-order valence-electron chi connectivity index (χ2n) is 5.94. The number of fused-ring (bicyclic) bond motifs is 1. The molecular weight excluding hydrogens is 384 g/mol. The summed E-state index contributed by atoms with van der Waals surface area (Å²) in [7, 11) is 1.65. The Morgan fingerprint density at radius 1 is 1.23 bits per heavy atom. The van der Waals surface area contributed by atoms with Crippen molar-refractivity contribution in [3.05, 3.63) is 50.6 Å². The van der Waals surface area contributed by atoms with Gasteiger partial charge in [-0.2, -0.15) is 0 Å². The predicted octanol–water partition coefficient (Wildman–Crippen LogP) is 4.74. The molecule has 0 atom stereocenters. The quantitative estimate of drug-likeness (QED) is 0.419. The summed E-state index contributed by atoms with van der Waals surface area (Å²) in [6.45, 7) is 5.05. The monoisotopic (exact) mass is 406 g/mol. The third-order valence-corrected chi connectivity index (χ3v) is 7.19. The lowest BCUT2D eigenvalue weighted by molar-refractivity contribution is 0.183. The molecule has 7 heteroatoms. The van der Waals surface area contributed by atoms with Gasteiger partial charge in [0.25, 0.3) is 5.56 Å². The van der Waals surface area contributed by atoms with Crippen LogP contribution in [0.25, 0.3) is 10.2 Å². The van der Waals surface area contributed by atoms with Gasteiger partial charge in [0.15, 0.2) is 5.16 Å². The average molecular weight is 407 g/mol. The minimum absolute atomic E-state index is 0.0362. The fraction of sp³-hybridized carbons (Fsp3) is 0.368. The Kier molecular flexibility index (Phi) is 6.45. The van der Waals surface area contributed by atoms with Gasteiger partial charge in [-0.3, -0.25) is 9.36 Å². The van der Waals surface area contributed by atoms with Crippen molar-refractivity contribution in [3.63, 3.8) is 0 Å². The molecule has 0 aliphatic rings. The molecule has 2 aromatic heterocycles. The Hall–Kier alpha value is -1.28. The van der Waals surface area contributed by atoms with Gasteiger partial charge in [0.05, 0.1) is 18.5 Å². The van der Waals surface area contributed by atoms with Crippen LogP contribution >= 0.6 is 34.9 Å². The van der Waals surface area contributed by atoms with Crippen LogP contribution in [0, 0.1) is 13.8 Å². The minimum Gasteiger partial charge on any atom is -0.383 e. The molecule has 0 saturated carbocycles. The fourth-order valence-electron chi connectivity index (χ4n) is 2.67. The Labute approximate surface area is 166 Å². The third kappa shape index (κ3) is 4.01. The van der Waals surface area contributed by atoms with Gasteiger partial charge in [0, 0.05) is 22.6 Å². The normalized spacial score (nSPS) is 11.4. The van der Waals surface area contributed by atoms with Crippen LogP contribution in [0.5, 0.6) is 0 Å². The Morgan fingerprint density at radius 3 is 2.62 bits per heavy atom. The Morgan fingerprint density at radius 2 is 1.96 bits per heavy atom. The largest absolute Gasteiger partial charge is 0.383 e. The first-order valence-electron chi connectivity index (χ1n) is 8.30. The molecule has 0 spiro atoms. The van der Waals surface area contributed by atoms with E-state index in [1.165, 1.54) is 10.5 Å². The molecule has 1 aromatic carbocycles. The number of aryl methyl sites for hydroxylation is 2. The minimum atomic E-state index is 0.0362. The Bertz CT molecular complexity index is 962. The van der Waals surface area contributed by atoms with E-state index in [9.17, 15) is 4.79 Å². The van der Waals surface area contributed by atoms with Crippen molar-refractivity contribution in [1.29, 1.82) is 0 Å². The van der Waals surface area contributed by atoms with Crippen molar-refractivity contribution < 1.29 is 4.74 Å². The zero-order chi connectivity index (χ0) is 18.7. The lowest BCUT2D eigenvalue weighted by atomic mass is 10.2. The van der Waals surface area contributed by atoms with Crippen molar-refractivity contribution in [3.8, 4) is 0 Å². The van der Waals surface area contributed by atoms with Gasteiger partial charge in [-0.05, 0) is 43.4 Å². The van der Waals surface area contributed by atoms with Crippen LogP contribution in [0.1, 0.15) is 16.0 Å². The van der Waals surface area contributed by atoms with Crippen LogP contribution in [-0.4, -0.2) is 29.5 Å². The smallest absolute Gasteiger partial charge is 0.263 e. The first kappa shape index (κ1) is 19.5.